The highest BCUT2D eigenvalue weighted by Crippen LogP contribution is 2.22. The number of rotatable bonds is 5. The third-order valence-electron chi connectivity index (χ3n) is 2.65. The molecule has 0 aliphatic carbocycles. The zero-order chi connectivity index (χ0) is 12.2. The van der Waals surface area contributed by atoms with Gasteiger partial charge in [-0.2, -0.15) is 13.2 Å². The van der Waals surface area contributed by atoms with E-state index in [1.165, 1.54) is 0 Å². The van der Waals surface area contributed by atoms with Gasteiger partial charge in [0.2, 0.25) is 0 Å². The summed E-state index contributed by atoms with van der Waals surface area (Å²) in [6.45, 7) is 2.45. The van der Waals surface area contributed by atoms with Crippen molar-refractivity contribution in [1.29, 1.82) is 0 Å². The Bertz CT molecular complexity index is 211. The normalized spacial score (nSPS) is 27.6. The zero-order valence-corrected chi connectivity index (χ0v) is 9.59. The Labute approximate surface area is 93.5 Å². The number of alkyl halides is 3. The number of ether oxygens (including phenoxy) is 2. The fourth-order valence-electron chi connectivity index (χ4n) is 1.81. The number of hydrogen-bond donors (Lipinski definition) is 0. The van der Waals surface area contributed by atoms with E-state index in [4.69, 9.17) is 9.47 Å². The highest BCUT2D eigenvalue weighted by molar-refractivity contribution is 4.84. The van der Waals surface area contributed by atoms with Gasteiger partial charge in [0.15, 0.2) is 0 Å². The molecule has 0 saturated carbocycles. The van der Waals surface area contributed by atoms with Crippen LogP contribution >= 0.6 is 0 Å². The third-order valence-corrected chi connectivity index (χ3v) is 2.65. The molecular formula is C10H18F3NO2. The van der Waals surface area contributed by atoms with E-state index in [-0.39, 0.29) is 12.1 Å². The van der Waals surface area contributed by atoms with E-state index >= 15 is 0 Å². The first-order valence-electron chi connectivity index (χ1n) is 5.38. The molecule has 16 heavy (non-hydrogen) atoms. The summed E-state index contributed by atoms with van der Waals surface area (Å²) in [7, 11) is 1.88. The second-order valence-corrected chi connectivity index (χ2v) is 4.04. The van der Waals surface area contributed by atoms with Crippen molar-refractivity contribution >= 4 is 0 Å². The number of likely N-dealkylation sites (N-methyl/N-ethyl adjacent to an activating group) is 1. The molecule has 1 aliphatic rings. The summed E-state index contributed by atoms with van der Waals surface area (Å²) >= 11 is 0. The standard InChI is InChI=1S/C10H18F3NO2/c1-3-15-6-8-4-9(5-14(8)2)16-7-10(11,12)13/h8-9H,3-7H2,1-2H3. The predicted molar refractivity (Wildman–Crippen MR) is 53.3 cm³/mol. The third kappa shape index (κ3) is 4.67. The summed E-state index contributed by atoms with van der Waals surface area (Å²) in [6.07, 6.45) is -3.97. The highest BCUT2D eigenvalue weighted by Gasteiger charge is 2.34. The molecule has 3 nitrogen and oxygen atoms in total. The van der Waals surface area contributed by atoms with Gasteiger partial charge in [-0.15, -0.1) is 0 Å². The van der Waals surface area contributed by atoms with E-state index in [0.717, 1.165) is 0 Å². The molecular weight excluding hydrogens is 223 g/mol. The molecule has 0 amide bonds. The smallest absolute Gasteiger partial charge is 0.380 e. The SMILES string of the molecule is CCOCC1CC(OCC(F)(F)F)CN1C. The number of nitrogens with zero attached hydrogens (tertiary/aromatic N) is 1. The van der Waals surface area contributed by atoms with E-state index in [1.54, 1.807) is 0 Å². The first kappa shape index (κ1) is 13.7. The highest BCUT2D eigenvalue weighted by atomic mass is 19.4. The molecule has 1 heterocycles. The van der Waals surface area contributed by atoms with Crippen LogP contribution in [-0.2, 0) is 9.47 Å². The van der Waals surface area contributed by atoms with Crippen molar-refractivity contribution in [3.05, 3.63) is 0 Å². The molecule has 0 N–H and O–H groups in total. The second-order valence-electron chi connectivity index (χ2n) is 4.04. The Hall–Kier alpha value is -0.330. The maximum absolute atomic E-state index is 11.9. The molecule has 0 aromatic carbocycles. The Morgan fingerprint density at radius 2 is 2.06 bits per heavy atom. The maximum atomic E-state index is 11.9. The van der Waals surface area contributed by atoms with Gasteiger partial charge in [-0.25, -0.2) is 0 Å². The van der Waals surface area contributed by atoms with Gasteiger partial charge in [-0.05, 0) is 20.4 Å². The minimum atomic E-state index is -4.24. The Balaban J connectivity index is 2.27. The van der Waals surface area contributed by atoms with Gasteiger partial charge in [-0.3, -0.25) is 4.90 Å². The van der Waals surface area contributed by atoms with Crippen LogP contribution in [0.5, 0.6) is 0 Å². The summed E-state index contributed by atoms with van der Waals surface area (Å²) < 4.78 is 45.9. The van der Waals surface area contributed by atoms with Gasteiger partial charge in [-0.1, -0.05) is 0 Å². The van der Waals surface area contributed by atoms with E-state index in [1.807, 2.05) is 18.9 Å². The van der Waals surface area contributed by atoms with Crippen LogP contribution in [0.3, 0.4) is 0 Å². The fourth-order valence-corrected chi connectivity index (χ4v) is 1.81. The molecule has 2 unspecified atom stereocenters. The van der Waals surface area contributed by atoms with Crippen LogP contribution in [0.15, 0.2) is 0 Å². The summed E-state index contributed by atoms with van der Waals surface area (Å²) in [5.74, 6) is 0. The largest absolute Gasteiger partial charge is 0.411 e. The van der Waals surface area contributed by atoms with Crippen molar-refractivity contribution in [2.45, 2.75) is 31.7 Å². The molecule has 1 saturated heterocycles. The molecule has 96 valence electrons. The summed E-state index contributed by atoms with van der Waals surface area (Å²) in [5.41, 5.74) is 0. The van der Waals surface area contributed by atoms with Crippen LogP contribution in [0.4, 0.5) is 13.2 Å². The van der Waals surface area contributed by atoms with Gasteiger partial charge in [0.05, 0.1) is 12.7 Å². The second kappa shape index (κ2) is 5.84. The minimum absolute atomic E-state index is 0.165. The van der Waals surface area contributed by atoms with Crippen molar-refractivity contribution in [3.63, 3.8) is 0 Å². The minimum Gasteiger partial charge on any atom is -0.380 e. The molecule has 0 spiro atoms. The topological polar surface area (TPSA) is 21.7 Å². The van der Waals surface area contributed by atoms with Crippen molar-refractivity contribution < 1.29 is 22.6 Å². The average molecular weight is 241 g/mol. The molecule has 1 aliphatic heterocycles. The zero-order valence-electron chi connectivity index (χ0n) is 9.59. The van der Waals surface area contributed by atoms with E-state index in [0.29, 0.717) is 26.2 Å². The first-order valence-corrected chi connectivity index (χ1v) is 5.38. The molecule has 1 fully saturated rings. The van der Waals surface area contributed by atoms with Crippen LogP contribution in [0.1, 0.15) is 13.3 Å². The van der Waals surface area contributed by atoms with E-state index < -0.39 is 12.8 Å². The summed E-state index contributed by atoms with van der Waals surface area (Å²) in [4.78, 5) is 1.98. The number of likely N-dealkylation sites (tertiary alicyclic amines) is 1. The fraction of sp³-hybridized carbons (Fsp3) is 1.00. The average Bonchev–Trinajstić information content (AvgIpc) is 2.52. The Morgan fingerprint density at radius 1 is 1.38 bits per heavy atom. The van der Waals surface area contributed by atoms with Crippen molar-refractivity contribution in [1.82, 2.24) is 4.90 Å². The quantitative estimate of drug-likeness (QED) is 0.731. The Kier molecular flexibility index (Phi) is 5.01. The Morgan fingerprint density at radius 3 is 2.62 bits per heavy atom. The monoisotopic (exact) mass is 241 g/mol. The number of halogens is 3. The van der Waals surface area contributed by atoms with Crippen LogP contribution < -0.4 is 0 Å². The van der Waals surface area contributed by atoms with Gasteiger partial charge < -0.3 is 9.47 Å². The molecule has 6 heteroatoms. The van der Waals surface area contributed by atoms with Crippen LogP contribution in [0.2, 0.25) is 0 Å². The van der Waals surface area contributed by atoms with E-state index in [2.05, 4.69) is 0 Å². The van der Waals surface area contributed by atoms with Gasteiger partial charge in [0.25, 0.3) is 0 Å². The molecule has 0 radical (unpaired) electrons. The van der Waals surface area contributed by atoms with Crippen LogP contribution in [0, 0.1) is 0 Å². The molecule has 0 bridgehead atoms. The lowest BCUT2D eigenvalue weighted by Crippen LogP contribution is -2.29. The molecule has 0 aromatic heterocycles. The lowest BCUT2D eigenvalue weighted by Gasteiger charge is -2.17. The predicted octanol–water partition coefficient (Wildman–Crippen LogP) is 1.67. The summed E-state index contributed by atoms with van der Waals surface area (Å²) in [5, 5.41) is 0. The molecule has 1 rings (SSSR count). The molecule has 2 atom stereocenters. The maximum Gasteiger partial charge on any atom is 0.411 e. The first-order chi connectivity index (χ1) is 7.42. The number of hydrogen-bond acceptors (Lipinski definition) is 3. The van der Waals surface area contributed by atoms with Crippen molar-refractivity contribution in [3.8, 4) is 0 Å². The van der Waals surface area contributed by atoms with Gasteiger partial charge in [0.1, 0.15) is 6.61 Å². The lowest BCUT2D eigenvalue weighted by atomic mass is 10.2. The lowest BCUT2D eigenvalue weighted by molar-refractivity contribution is -0.183. The van der Waals surface area contributed by atoms with Crippen LogP contribution in [0.25, 0.3) is 0 Å². The molecule has 0 aromatic rings. The van der Waals surface area contributed by atoms with Crippen LogP contribution in [-0.4, -0.2) is 56.6 Å². The van der Waals surface area contributed by atoms with E-state index in [9.17, 15) is 13.2 Å². The van der Waals surface area contributed by atoms with Gasteiger partial charge >= 0.3 is 6.18 Å². The van der Waals surface area contributed by atoms with Crippen molar-refractivity contribution in [2.24, 2.45) is 0 Å². The van der Waals surface area contributed by atoms with Gasteiger partial charge in [0, 0.05) is 19.2 Å². The summed E-state index contributed by atoms with van der Waals surface area (Å²) in [6, 6.07) is 0.165. The van der Waals surface area contributed by atoms with Crippen molar-refractivity contribution in [2.75, 3.05) is 33.4 Å².